The molecule has 0 spiro atoms. The van der Waals surface area contributed by atoms with Crippen LogP contribution < -0.4 is 9.62 Å². The molecule has 0 atom stereocenters. The number of nitrogens with zero attached hydrogens (tertiary/aromatic N) is 1. The second kappa shape index (κ2) is 8.97. The first-order valence-corrected chi connectivity index (χ1v) is 11.3. The van der Waals surface area contributed by atoms with Crippen molar-refractivity contribution in [3.63, 3.8) is 0 Å². The largest absolute Gasteiger partial charge is 0.352 e. The number of aryl methyl sites for hydroxylation is 1. The molecule has 1 amide bonds. The van der Waals surface area contributed by atoms with Gasteiger partial charge >= 0.3 is 0 Å². The Morgan fingerprint density at radius 2 is 1.71 bits per heavy atom. The highest BCUT2D eigenvalue weighted by Gasteiger charge is 2.29. The van der Waals surface area contributed by atoms with Gasteiger partial charge in [0.2, 0.25) is 5.91 Å². The van der Waals surface area contributed by atoms with E-state index in [1.807, 2.05) is 19.1 Å². The second-order valence-electron chi connectivity index (χ2n) is 7.15. The predicted octanol–water partition coefficient (Wildman–Crippen LogP) is 4.29. The molecule has 3 rings (SSSR count). The zero-order valence-electron chi connectivity index (χ0n) is 15.9. The third kappa shape index (κ3) is 4.86. The number of rotatable bonds is 6. The van der Waals surface area contributed by atoms with Crippen LogP contribution in [0.1, 0.15) is 37.7 Å². The van der Waals surface area contributed by atoms with Crippen LogP contribution in [0.15, 0.2) is 53.4 Å². The van der Waals surface area contributed by atoms with Gasteiger partial charge in [-0.3, -0.25) is 9.10 Å². The van der Waals surface area contributed by atoms with Crippen molar-refractivity contribution in [1.29, 1.82) is 0 Å². The minimum Gasteiger partial charge on any atom is -0.352 e. The Morgan fingerprint density at radius 3 is 2.36 bits per heavy atom. The Balaban J connectivity index is 1.90. The van der Waals surface area contributed by atoms with Crippen LogP contribution in [-0.4, -0.2) is 26.9 Å². The molecule has 0 heterocycles. The molecule has 1 N–H and O–H groups in total. The molecule has 0 saturated heterocycles. The van der Waals surface area contributed by atoms with E-state index in [4.69, 9.17) is 11.6 Å². The van der Waals surface area contributed by atoms with Gasteiger partial charge < -0.3 is 5.32 Å². The Kier molecular flexibility index (Phi) is 6.62. The highest BCUT2D eigenvalue weighted by atomic mass is 35.5. The predicted molar refractivity (Wildman–Crippen MR) is 112 cm³/mol. The molecule has 1 aliphatic rings. The average Bonchev–Trinajstić information content (AvgIpc) is 2.68. The van der Waals surface area contributed by atoms with Crippen LogP contribution in [0.5, 0.6) is 0 Å². The van der Waals surface area contributed by atoms with Gasteiger partial charge in [-0.2, -0.15) is 0 Å². The molecule has 28 heavy (non-hydrogen) atoms. The van der Waals surface area contributed by atoms with E-state index in [-0.39, 0.29) is 23.4 Å². The van der Waals surface area contributed by atoms with E-state index in [2.05, 4.69) is 5.32 Å². The number of carbonyl (C=O) groups excluding carboxylic acids is 1. The van der Waals surface area contributed by atoms with E-state index in [1.165, 1.54) is 35.0 Å². The first-order chi connectivity index (χ1) is 13.4. The summed E-state index contributed by atoms with van der Waals surface area (Å²) in [5, 5.41) is 3.46. The van der Waals surface area contributed by atoms with E-state index in [0.29, 0.717) is 10.7 Å². The van der Waals surface area contributed by atoms with Crippen molar-refractivity contribution in [3.8, 4) is 0 Å². The monoisotopic (exact) mass is 420 g/mol. The van der Waals surface area contributed by atoms with Gasteiger partial charge in [0, 0.05) is 11.1 Å². The van der Waals surface area contributed by atoms with Crippen LogP contribution in [0, 0.1) is 6.92 Å². The number of halogens is 1. The Hall–Kier alpha value is -2.05. The normalized spacial score (nSPS) is 15.2. The van der Waals surface area contributed by atoms with Gasteiger partial charge in [0.1, 0.15) is 6.54 Å². The Morgan fingerprint density at radius 1 is 1.07 bits per heavy atom. The van der Waals surface area contributed by atoms with Crippen LogP contribution in [0.3, 0.4) is 0 Å². The van der Waals surface area contributed by atoms with Crippen molar-refractivity contribution in [3.05, 3.63) is 59.1 Å². The molecule has 1 fully saturated rings. The van der Waals surface area contributed by atoms with E-state index in [1.54, 1.807) is 12.1 Å². The fourth-order valence-electron chi connectivity index (χ4n) is 3.53. The quantitative estimate of drug-likeness (QED) is 0.757. The summed E-state index contributed by atoms with van der Waals surface area (Å²) in [5.41, 5.74) is 1.28. The fraction of sp³-hybridized carbons (Fsp3) is 0.381. The lowest BCUT2D eigenvalue weighted by atomic mass is 9.95. The summed E-state index contributed by atoms with van der Waals surface area (Å²) >= 11 is 5.90. The summed E-state index contributed by atoms with van der Waals surface area (Å²) in [6.07, 6.45) is 5.26. The van der Waals surface area contributed by atoms with Crippen molar-refractivity contribution >= 4 is 33.2 Å². The molecule has 0 unspecified atom stereocenters. The SMILES string of the molecule is Cc1ccccc1N(CC(=O)NC1CCCCC1)S(=O)(=O)c1ccc(Cl)cc1. The molecule has 0 aromatic heterocycles. The number of para-hydroxylation sites is 1. The zero-order chi connectivity index (χ0) is 20.1. The van der Waals surface area contributed by atoms with Gasteiger partial charge in [-0.25, -0.2) is 8.42 Å². The molecule has 1 saturated carbocycles. The molecule has 150 valence electrons. The summed E-state index contributed by atoms with van der Waals surface area (Å²) in [6.45, 7) is 1.57. The number of carbonyl (C=O) groups is 1. The lowest BCUT2D eigenvalue weighted by Gasteiger charge is -2.28. The maximum Gasteiger partial charge on any atom is 0.264 e. The topological polar surface area (TPSA) is 66.5 Å². The van der Waals surface area contributed by atoms with Crippen molar-refractivity contribution < 1.29 is 13.2 Å². The molecule has 7 heteroatoms. The molecular formula is C21H25ClN2O3S. The van der Waals surface area contributed by atoms with E-state index in [9.17, 15) is 13.2 Å². The number of hydrogen-bond acceptors (Lipinski definition) is 3. The number of hydrogen-bond donors (Lipinski definition) is 1. The Bertz CT molecular complexity index is 923. The molecule has 1 aliphatic carbocycles. The highest BCUT2D eigenvalue weighted by molar-refractivity contribution is 7.92. The number of sulfonamides is 1. The number of amides is 1. The summed E-state index contributed by atoms with van der Waals surface area (Å²) < 4.78 is 27.8. The minimum atomic E-state index is -3.92. The molecule has 0 radical (unpaired) electrons. The second-order valence-corrected chi connectivity index (χ2v) is 9.45. The van der Waals surface area contributed by atoms with Gasteiger partial charge in [-0.1, -0.05) is 49.1 Å². The molecule has 0 bridgehead atoms. The van der Waals surface area contributed by atoms with Crippen LogP contribution in [0.4, 0.5) is 5.69 Å². The van der Waals surface area contributed by atoms with Crippen molar-refractivity contribution in [2.45, 2.75) is 50.0 Å². The van der Waals surface area contributed by atoms with Crippen LogP contribution in [0.25, 0.3) is 0 Å². The Labute approximate surface area is 171 Å². The van der Waals surface area contributed by atoms with Crippen LogP contribution in [0.2, 0.25) is 5.02 Å². The van der Waals surface area contributed by atoms with Crippen LogP contribution >= 0.6 is 11.6 Å². The average molecular weight is 421 g/mol. The standard InChI is InChI=1S/C21H25ClN2O3S/c1-16-7-5-6-10-20(16)24(15-21(25)23-18-8-3-2-4-9-18)28(26,27)19-13-11-17(22)12-14-19/h5-7,10-14,18H,2-4,8-9,15H2,1H3,(H,23,25). The maximum atomic E-state index is 13.3. The lowest BCUT2D eigenvalue weighted by molar-refractivity contribution is -0.120. The third-order valence-electron chi connectivity index (χ3n) is 5.04. The third-order valence-corrected chi connectivity index (χ3v) is 7.07. The van der Waals surface area contributed by atoms with Crippen molar-refractivity contribution in [2.75, 3.05) is 10.8 Å². The molecule has 2 aromatic carbocycles. The first kappa shape index (κ1) is 20.7. The summed E-state index contributed by atoms with van der Waals surface area (Å²) in [6, 6.07) is 13.3. The molecule has 2 aromatic rings. The lowest BCUT2D eigenvalue weighted by Crippen LogP contribution is -2.45. The minimum absolute atomic E-state index is 0.102. The maximum absolute atomic E-state index is 13.3. The zero-order valence-corrected chi connectivity index (χ0v) is 17.5. The van der Waals surface area contributed by atoms with Crippen molar-refractivity contribution in [1.82, 2.24) is 5.32 Å². The van der Waals surface area contributed by atoms with E-state index >= 15 is 0 Å². The fourth-order valence-corrected chi connectivity index (χ4v) is 5.14. The van der Waals surface area contributed by atoms with Gasteiger partial charge in [0.05, 0.1) is 10.6 Å². The summed E-state index contributed by atoms with van der Waals surface area (Å²) in [4.78, 5) is 12.8. The van der Waals surface area contributed by atoms with E-state index in [0.717, 1.165) is 31.2 Å². The summed E-state index contributed by atoms with van der Waals surface area (Å²) in [7, 11) is -3.92. The number of anilines is 1. The van der Waals surface area contributed by atoms with Crippen molar-refractivity contribution in [2.24, 2.45) is 0 Å². The molecule has 5 nitrogen and oxygen atoms in total. The van der Waals surface area contributed by atoms with Gasteiger partial charge in [0.15, 0.2) is 0 Å². The smallest absolute Gasteiger partial charge is 0.264 e. The number of benzene rings is 2. The first-order valence-electron chi connectivity index (χ1n) is 9.51. The molecule has 0 aliphatic heterocycles. The number of nitrogens with one attached hydrogen (secondary N) is 1. The molecular weight excluding hydrogens is 396 g/mol. The van der Waals surface area contributed by atoms with E-state index < -0.39 is 10.0 Å². The van der Waals surface area contributed by atoms with Gasteiger partial charge in [-0.05, 0) is 55.7 Å². The highest BCUT2D eigenvalue weighted by Crippen LogP contribution is 2.27. The van der Waals surface area contributed by atoms with Crippen LogP contribution in [-0.2, 0) is 14.8 Å². The van der Waals surface area contributed by atoms with Gasteiger partial charge in [0.25, 0.3) is 10.0 Å². The summed E-state index contributed by atoms with van der Waals surface area (Å²) in [5.74, 6) is -0.285. The van der Waals surface area contributed by atoms with Gasteiger partial charge in [-0.15, -0.1) is 0 Å².